The van der Waals surface area contributed by atoms with Crippen LogP contribution < -0.4 is 0 Å². The number of rotatable bonds is 19. The third-order valence-electron chi connectivity index (χ3n) is 4.55. The monoisotopic (exact) mass is 362 g/mol. The molecule has 0 heterocycles. The quantitative estimate of drug-likeness (QED) is 0.192. The largest absolute Gasteiger partial charge is 0.270 e. The second kappa shape index (κ2) is 17.7. The van der Waals surface area contributed by atoms with Gasteiger partial charge < -0.3 is 0 Å². The summed E-state index contributed by atoms with van der Waals surface area (Å²) < 4.78 is 27.4. The summed E-state index contributed by atoms with van der Waals surface area (Å²) in [6.07, 6.45) is 20.8. The topological polar surface area (TPSA) is 43.4 Å². The van der Waals surface area contributed by atoms with E-state index < -0.39 is 10.1 Å². The molecule has 0 spiro atoms. The van der Waals surface area contributed by atoms with Crippen LogP contribution in [0.1, 0.15) is 117 Å². The molecule has 0 aromatic carbocycles. The van der Waals surface area contributed by atoms with Crippen LogP contribution in [0.15, 0.2) is 0 Å². The van der Waals surface area contributed by atoms with Gasteiger partial charge in [0, 0.05) is 0 Å². The Bertz CT molecular complexity index is 339. The van der Waals surface area contributed by atoms with Crippen molar-refractivity contribution in [3.05, 3.63) is 0 Å². The minimum absolute atomic E-state index is 0.180. The van der Waals surface area contributed by atoms with E-state index in [0.717, 1.165) is 19.3 Å². The van der Waals surface area contributed by atoms with Crippen LogP contribution in [0.5, 0.6) is 0 Å². The van der Waals surface area contributed by atoms with Crippen LogP contribution in [-0.4, -0.2) is 20.8 Å². The maximum Gasteiger partial charge on any atom is 0.267 e. The van der Waals surface area contributed by atoms with Gasteiger partial charge in [-0.2, -0.15) is 8.42 Å². The zero-order valence-corrected chi connectivity index (χ0v) is 17.2. The first-order valence-electron chi connectivity index (χ1n) is 10.5. The third kappa shape index (κ3) is 18.3. The highest BCUT2D eigenvalue weighted by atomic mass is 32.2. The van der Waals surface area contributed by atoms with Crippen molar-refractivity contribution >= 4 is 10.1 Å². The van der Waals surface area contributed by atoms with Gasteiger partial charge in [-0.25, -0.2) is 0 Å². The maximum absolute atomic E-state index is 11.4. The summed E-state index contributed by atoms with van der Waals surface area (Å²) in [5, 5.41) is 0. The Morgan fingerprint density at radius 3 is 1.21 bits per heavy atom. The highest BCUT2D eigenvalue weighted by Crippen LogP contribution is 2.14. The van der Waals surface area contributed by atoms with E-state index >= 15 is 0 Å². The fourth-order valence-corrected chi connectivity index (χ4v) is 4.10. The Morgan fingerprint density at radius 2 is 0.875 bits per heavy atom. The molecule has 0 aliphatic rings. The van der Waals surface area contributed by atoms with E-state index in [9.17, 15) is 8.42 Å². The van der Waals surface area contributed by atoms with Gasteiger partial charge in [-0.05, 0) is 13.3 Å². The molecule has 146 valence electrons. The van der Waals surface area contributed by atoms with Gasteiger partial charge in [0.25, 0.3) is 10.1 Å². The predicted molar refractivity (Wildman–Crippen MR) is 105 cm³/mol. The summed E-state index contributed by atoms with van der Waals surface area (Å²) in [6, 6.07) is 0. The second-order valence-corrected chi connectivity index (χ2v) is 8.73. The molecule has 0 unspecified atom stereocenters. The predicted octanol–water partition coefficient (Wildman–Crippen LogP) is 6.61. The minimum Gasteiger partial charge on any atom is -0.270 e. The Morgan fingerprint density at radius 1 is 0.542 bits per heavy atom. The van der Waals surface area contributed by atoms with Crippen molar-refractivity contribution in [3.8, 4) is 0 Å². The van der Waals surface area contributed by atoms with Gasteiger partial charge >= 0.3 is 0 Å². The fourth-order valence-electron chi connectivity index (χ4n) is 3.07. The van der Waals surface area contributed by atoms with Crippen molar-refractivity contribution in [2.75, 3.05) is 12.4 Å². The van der Waals surface area contributed by atoms with Crippen LogP contribution in [0, 0.1) is 0 Å². The summed E-state index contributed by atoms with van der Waals surface area (Å²) in [4.78, 5) is 0. The first-order valence-corrected chi connectivity index (χ1v) is 12.1. The molecule has 24 heavy (non-hydrogen) atoms. The van der Waals surface area contributed by atoms with Crippen LogP contribution in [0.4, 0.5) is 0 Å². The minimum atomic E-state index is -3.25. The second-order valence-electron chi connectivity index (χ2n) is 6.97. The van der Waals surface area contributed by atoms with E-state index in [0.29, 0.717) is 0 Å². The molecule has 0 aliphatic heterocycles. The van der Waals surface area contributed by atoms with Gasteiger partial charge in [-0.1, -0.05) is 103 Å². The normalized spacial score (nSPS) is 11.9. The highest BCUT2D eigenvalue weighted by molar-refractivity contribution is 7.86. The van der Waals surface area contributed by atoms with Crippen LogP contribution in [0.25, 0.3) is 0 Å². The fraction of sp³-hybridized carbons (Fsp3) is 1.00. The summed E-state index contributed by atoms with van der Waals surface area (Å²) in [7, 11) is -3.25. The molecule has 4 heteroatoms. The highest BCUT2D eigenvalue weighted by Gasteiger charge is 2.08. The molecule has 3 nitrogen and oxygen atoms in total. The molecule has 0 saturated carbocycles. The van der Waals surface area contributed by atoms with Crippen molar-refractivity contribution in [2.24, 2.45) is 0 Å². The molecule has 0 rings (SSSR count). The molecule has 0 bridgehead atoms. The number of unbranched alkanes of at least 4 members (excludes halogenated alkanes) is 15. The van der Waals surface area contributed by atoms with Crippen molar-refractivity contribution in [1.29, 1.82) is 0 Å². The van der Waals surface area contributed by atoms with E-state index in [-0.39, 0.29) is 12.4 Å². The zero-order chi connectivity index (χ0) is 17.9. The number of hydrogen-bond acceptors (Lipinski definition) is 3. The Labute approximate surface area is 152 Å². The molecule has 0 N–H and O–H groups in total. The summed E-state index contributed by atoms with van der Waals surface area (Å²) in [5.41, 5.74) is 0. The lowest BCUT2D eigenvalue weighted by atomic mass is 10.0. The van der Waals surface area contributed by atoms with E-state index in [1.54, 1.807) is 6.92 Å². The zero-order valence-electron chi connectivity index (χ0n) is 16.4. The Hall–Kier alpha value is -0.0900. The molecule has 0 atom stereocenters. The van der Waals surface area contributed by atoms with Gasteiger partial charge in [0.05, 0.1) is 12.4 Å². The molecule has 0 aliphatic carbocycles. The average molecular weight is 363 g/mol. The lowest BCUT2D eigenvalue weighted by Gasteiger charge is -2.04. The Balaban J connectivity index is 3.13. The third-order valence-corrected chi connectivity index (χ3v) is 5.93. The standard InChI is InChI=1S/C20H42O3S/c1-3-5-6-7-8-9-10-11-12-13-14-15-16-17-18-19-20-24(21,22)23-4-2/h3-20H2,1-2H3. The van der Waals surface area contributed by atoms with Gasteiger partial charge in [-0.3, -0.25) is 4.18 Å². The lowest BCUT2D eigenvalue weighted by Crippen LogP contribution is -2.10. The molecule has 0 saturated heterocycles. The van der Waals surface area contributed by atoms with E-state index in [1.165, 1.54) is 83.5 Å². The van der Waals surface area contributed by atoms with Crippen molar-refractivity contribution in [1.82, 2.24) is 0 Å². The van der Waals surface area contributed by atoms with E-state index in [2.05, 4.69) is 6.92 Å². The maximum atomic E-state index is 11.4. The SMILES string of the molecule is CCCCCCCCCCCCCCCCCCS(=O)(=O)OCC. The first-order chi connectivity index (χ1) is 11.6. The average Bonchev–Trinajstić information content (AvgIpc) is 2.54. The van der Waals surface area contributed by atoms with Crippen LogP contribution in [0.2, 0.25) is 0 Å². The lowest BCUT2D eigenvalue weighted by molar-refractivity contribution is 0.337. The molecule has 0 amide bonds. The summed E-state index contributed by atoms with van der Waals surface area (Å²) in [5.74, 6) is 0.180. The van der Waals surface area contributed by atoms with Crippen molar-refractivity contribution in [2.45, 2.75) is 117 Å². The van der Waals surface area contributed by atoms with E-state index in [1.807, 2.05) is 0 Å². The van der Waals surface area contributed by atoms with Gasteiger partial charge in [0.15, 0.2) is 0 Å². The van der Waals surface area contributed by atoms with Gasteiger partial charge in [-0.15, -0.1) is 0 Å². The van der Waals surface area contributed by atoms with Gasteiger partial charge in [0.2, 0.25) is 0 Å². The molecular weight excluding hydrogens is 320 g/mol. The smallest absolute Gasteiger partial charge is 0.267 e. The van der Waals surface area contributed by atoms with Crippen molar-refractivity contribution < 1.29 is 12.6 Å². The van der Waals surface area contributed by atoms with Crippen LogP contribution in [0.3, 0.4) is 0 Å². The summed E-state index contributed by atoms with van der Waals surface area (Å²) in [6.45, 7) is 4.24. The summed E-state index contributed by atoms with van der Waals surface area (Å²) >= 11 is 0. The molecule has 0 aromatic rings. The van der Waals surface area contributed by atoms with Gasteiger partial charge in [0.1, 0.15) is 0 Å². The molecular formula is C20H42O3S. The van der Waals surface area contributed by atoms with Crippen molar-refractivity contribution in [3.63, 3.8) is 0 Å². The van der Waals surface area contributed by atoms with E-state index in [4.69, 9.17) is 4.18 Å². The molecule has 0 aromatic heterocycles. The van der Waals surface area contributed by atoms with Crippen LogP contribution in [-0.2, 0) is 14.3 Å². The Kier molecular flexibility index (Phi) is 17.7. The first kappa shape index (κ1) is 23.9. The molecule has 0 fully saturated rings. The molecule has 0 radical (unpaired) electrons. The van der Waals surface area contributed by atoms with Crippen LogP contribution >= 0.6 is 0 Å². The number of hydrogen-bond donors (Lipinski definition) is 0.